The van der Waals surface area contributed by atoms with Gasteiger partial charge < -0.3 is 4.43 Å². The normalized spacial score (nSPS) is 18.5. The molecule has 0 saturated heterocycles. The molecule has 1 nitrogen and oxygen atoms in total. The summed E-state index contributed by atoms with van der Waals surface area (Å²) in [5.74, 6) is 1.02. The van der Waals surface area contributed by atoms with Crippen molar-refractivity contribution in [1.29, 1.82) is 0 Å². The van der Waals surface area contributed by atoms with Crippen LogP contribution in [-0.4, -0.2) is 8.32 Å². The van der Waals surface area contributed by atoms with E-state index in [9.17, 15) is 0 Å². The summed E-state index contributed by atoms with van der Waals surface area (Å²) in [4.78, 5) is 0. The number of benzene rings is 1. The van der Waals surface area contributed by atoms with Crippen molar-refractivity contribution in [3.05, 3.63) is 33.9 Å². The first-order valence-electron chi connectivity index (χ1n) is 4.25. The van der Waals surface area contributed by atoms with Crippen LogP contribution >= 0.6 is 15.9 Å². The Bertz CT molecular complexity index is 371. The highest BCUT2D eigenvalue weighted by atomic mass is 79.9. The maximum Gasteiger partial charge on any atom is 0.283 e. The van der Waals surface area contributed by atoms with Crippen LogP contribution in [0, 0.1) is 0 Å². The lowest BCUT2D eigenvalue weighted by Crippen LogP contribution is -2.37. The van der Waals surface area contributed by atoms with Gasteiger partial charge in [-0.1, -0.05) is 34.1 Å². The van der Waals surface area contributed by atoms with Crippen molar-refractivity contribution < 1.29 is 4.43 Å². The smallest absolute Gasteiger partial charge is 0.283 e. The van der Waals surface area contributed by atoms with Gasteiger partial charge in [0, 0.05) is 9.67 Å². The third kappa shape index (κ3) is 1.58. The van der Waals surface area contributed by atoms with Crippen molar-refractivity contribution in [2.45, 2.75) is 13.1 Å². The Morgan fingerprint density at radius 2 is 1.92 bits per heavy atom. The van der Waals surface area contributed by atoms with E-state index in [4.69, 9.17) is 4.43 Å². The molecule has 1 heterocycles. The van der Waals surface area contributed by atoms with Gasteiger partial charge in [-0.3, -0.25) is 0 Å². The lowest BCUT2D eigenvalue weighted by Gasteiger charge is -2.28. The molecule has 0 bridgehead atoms. The quantitative estimate of drug-likeness (QED) is 0.644. The Morgan fingerprint density at radius 3 is 2.69 bits per heavy atom. The van der Waals surface area contributed by atoms with Crippen LogP contribution in [0.3, 0.4) is 0 Å². The summed E-state index contributed by atoms with van der Waals surface area (Å²) in [6.45, 7) is 4.37. The van der Waals surface area contributed by atoms with Crippen molar-refractivity contribution in [2.75, 3.05) is 0 Å². The second-order valence-electron chi connectivity index (χ2n) is 3.64. The Hall–Kier alpha value is -0.543. The summed E-state index contributed by atoms with van der Waals surface area (Å²) in [5, 5.41) is 0. The van der Waals surface area contributed by atoms with E-state index in [0.717, 1.165) is 5.75 Å². The fourth-order valence-electron chi connectivity index (χ4n) is 1.33. The molecule has 0 atom stereocenters. The predicted molar refractivity (Wildman–Crippen MR) is 61.5 cm³/mol. The van der Waals surface area contributed by atoms with Gasteiger partial charge >= 0.3 is 0 Å². The maximum absolute atomic E-state index is 5.96. The van der Waals surface area contributed by atoms with Crippen LogP contribution in [0.4, 0.5) is 0 Å². The zero-order chi connectivity index (χ0) is 9.47. The minimum absolute atomic E-state index is 1.02. The second kappa shape index (κ2) is 2.99. The topological polar surface area (TPSA) is 9.23 Å². The number of fused-ring (bicyclic) bond motifs is 1. The molecule has 1 aliphatic rings. The third-order valence-electron chi connectivity index (χ3n) is 2.14. The fourth-order valence-corrected chi connectivity index (χ4v) is 3.15. The zero-order valence-electron chi connectivity index (χ0n) is 7.67. The number of hydrogen-bond donors (Lipinski definition) is 0. The van der Waals surface area contributed by atoms with Crippen molar-refractivity contribution >= 4 is 30.3 Å². The second-order valence-corrected chi connectivity index (χ2v) is 8.99. The van der Waals surface area contributed by atoms with Crippen molar-refractivity contribution in [1.82, 2.24) is 0 Å². The van der Waals surface area contributed by atoms with Gasteiger partial charge in [0.1, 0.15) is 5.75 Å². The van der Waals surface area contributed by atoms with Crippen LogP contribution in [-0.2, 0) is 0 Å². The van der Waals surface area contributed by atoms with Gasteiger partial charge in [-0.2, -0.15) is 0 Å². The summed E-state index contributed by atoms with van der Waals surface area (Å²) in [5.41, 5.74) is 1.17. The molecule has 0 radical (unpaired) electrons. The van der Waals surface area contributed by atoms with Gasteiger partial charge in [0.15, 0.2) is 0 Å². The Morgan fingerprint density at radius 1 is 1.23 bits per heavy atom. The zero-order valence-corrected chi connectivity index (χ0v) is 10.3. The van der Waals surface area contributed by atoms with Crippen molar-refractivity contribution in [3.8, 4) is 5.75 Å². The van der Waals surface area contributed by atoms with E-state index in [1.54, 1.807) is 0 Å². The molecule has 0 saturated carbocycles. The molecule has 68 valence electrons. The average Bonchev–Trinajstić information content (AvgIpc) is 2.06. The summed E-state index contributed by atoms with van der Waals surface area (Å²) >= 11 is 3.58. The molecule has 2 rings (SSSR count). The van der Waals surface area contributed by atoms with Crippen molar-refractivity contribution in [3.63, 3.8) is 0 Å². The molecule has 0 amide bonds. The first kappa shape index (κ1) is 9.03. The molecule has 3 heteroatoms. The van der Waals surface area contributed by atoms with Gasteiger partial charge in [0.05, 0.1) is 0 Å². The van der Waals surface area contributed by atoms with Crippen LogP contribution in [0.2, 0.25) is 13.1 Å². The van der Waals surface area contributed by atoms with Gasteiger partial charge in [-0.25, -0.2) is 0 Å². The van der Waals surface area contributed by atoms with Gasteiger partial charge in [-0.05, 0) is 25.2 Å². The molecule has 0 unspecified atom stereocenters. The van der Waals surface area contributed by atoms with E-state index < -0.39 is 8.32 Å². The Balaban J connectivity index is 2.53. The predicted octanol–water partition coefficient (Wildman–Crippen LogP) is 3.56. The van der Waals surface area contributed by atoms with Gasteiger partial charge in [0.25, 0.3) is 8.32 Å². The summed E-state index contributed by atoms with van der Waals surface area (Å²) in [6, 6.07) is 8.13. The highest BCUT2D eigenvalue weighted by Gasteiger charge is 2.32. The van der Waals surface area contributed by atoms with E-state index in [2.05, 4.69) is 41.2 Å². The summed E-state index contributed by atoms with van der Waals surface area (Å²) < 4.78 is 7.18. The number of para-hydroxylation sites is 1. The molecule has 13 heavy (non-hydrogen) atoms. The van der Waals surface area contributed by atoms with E-state index in [1.165, 1.54) is 9.67 Å². The first-order chi connectivity index (χ1) is 6.09. The maximum atomic E-state index is 5.96. The number of hydrogen-bond acceptors (Lipinski definition) is 1. The molecule has 1 aliphatic heterocycles. The Labute approximate surface area is 87.7 Å². The van der Waals surface area contributed by atoms with Crippen LogP contribution in [0.15, 0.2) is 28.4 Å². The minimum Gasteiger partial charge on any atom is -0.539 e. The largest absolute Gasteiger partial charge is 0.539 e. The minimum atomic E-state index is -1.67. The molecular formula is C10H11BrOSi. The van der Waals surface area contributed by atoms with Crippen molar-refractivity contribution in [2.24, 2.45) is 0 Å². The third-order valence-corrected chi connectivity index (χ3v) is 7.26. The van der Waals surface area contributed by atoms with Gasteiger partial charge in [0.2, 0.25) is 0 Å². The highest BCUT2D eigenvalue weighted by molar-refractivity contribution is 9.12. The molecule has 0 N–H and O–H groups in total. The van der Waals surface area contributed by atoms with E-state index >= 15 is 0 Å². The lowest BCUT2D eigenvalue weighted by molar-refractivity contribution is 0.558. The molecule has 0 aromatic heterocycles. The van der Waals surface area contributed by atoms with Crippen LogP contribution in [0.25, 0.3) is 6.08 Å². The molecule has 0 spiro atoms. The van der Waals surface area contributed by atoms with E-state index in [1.807, 2.05) is 18.2 Å². The fraction of sp³-hybridized carbons (Fsp3) is 0.200. The molecule has 1 aromatic rings. The van der Waals surface area contributed by atoms with E-state index in [-0.39, 0.29) is 0 Å². The van der Waals surface area contributed by atoms with Gasteiger partial charge in [-0.15, -0.1) is 0 Å². The van der Waals surface area contributed by atoms with E-state index in [0.29, 0.717) is 0 Å². The Kier molecular flexibility index (Phi) is 2.08. The monoisotopic (exact) mass is 254 g/mol. The summed E-state index contributed by atoms with van der Waals surface area (Å²) in [7, 11) is -1.67. The summed E-state index contributed by atoms with van der Waals surface area (Å²) in [6.07, 6.45) is 2.17. The first-order valence-corrected chi connectivity index (χ1v) is 7.95. The number of halogens is 1. The standard InChI is InChI=1S/C10H11BrOSi/c1-13(2)10(11)7-8-5-3-4-6-9(8)12-13/h3-7H,1-2H3. The highest BCUT2D eigenvalue weighted by Crippen LogP contribution is 2.35. The SMILES string of the molecule is C[Si]1(C)Oc2ccccc2C=C1Br. The average molecular weight is 255 g/mol. The molecule has 1 aromatic carbocycles. The lowest BCUT2D eigenvalue weighted by atomic mass is 10.2. The molecule has 0 fully saturated rings. The van der Waals surface area contributed by atoms with Crippen LogP contribution in [0.5, 0.6) is 5.75 Å². The van der Waals surface area contributed by atoms with Crippen LogP contribution in [0.1, 0.15) is 5.56 Å². The molecular weight excluding hydrogens is 244 g/mol. The number of rotatable bonds is 0. The van der Waals surface area contributed by atoms with Crippen LogP contribution < -0.4 is 4.43 Å². The molecule has 0 aliphatic carbocycles.